The van der Waals surface area contributed by atoms with Crippen molar-refractivity contribution in [1.82, 2.24) is 0 Å². The molecule has 0 aromatic heterocycles. The molecule has 0 N–H and O–H groups in total. The van der Waals surface area contributed by atoms with Gasteiger partial charge in [0.1, 0.15) is 0 Å². The molecule has 0 aromatic rings. The Bertz CT molecular complexity index is 569. The van der Waals surface area contributed by atoms with Crippen molar-refractivity contribution in [2.45, 2.75) is 75.7 Å². The summed E-state index contributed by atoms with van der Waals surface area (Å²) in [7, 11) is -1.39. The van der Waals surface area contributed by atoms with Crippen LogP contribution in [0.5, 0.6) is 0 Å². The molecule has 0 spiro atoms. The maximum atomic E-state index is 5.47. The summed E-state index contributed by atoms with van der Waals surface area (Å²) in [6.45, 7) is 30.3. The molecule has 3 heteroatoms. The summed E-state index contributed by atoms with van der Waals surface area (Å²) in [5, 5.41) is 0. The minimum absolute atomic E-state index is 0. The minimum Gasteiger partial charge on any atom is -0.272 e. The van der Waals surface area contributed by atoms with E-state index in [0.717, 1.165) is 12.0 Å². The van der Waals surface area contributed by atoms with Gasteiger partial charge in [0.25, 0.3) is 0 Å². The molecule has 0 unspecified atom stereocenters. The monoisotopic (exact) mass is 439 g/mol. The molecule has 1 aliphatic carbocycles. The van der Waals surface area contributed by atoms with Gasteiger partial charge in [0, 0.05) is 33.8 Å². The standard InChI is InChI=1S/C20H38NP.C5H8.Ti/c1-18(2,3)14-22(15-19(4,5)6,16-20(7,8)9)21-17-12-10-11-13-17;1-4-5(2)3;/h10-12H,13-16H2,1-9H3;4H,1-2H2,3H3;. The first-order valence-corrected chi connectivity index (χ1v) is 12.5. The van der Waals surface area contributed by atoms with Gasteiger partial charge in [-0.1, -0.05) is 99.3 Å². The van der Waals surface area contributed by atoms with E-state index in [9.17, 15) is 0 Å². The summed E-state index contributed by atoms with van der Waals surface area (Å²) in [5.74, 6) is 0. The van der Waals surface area contributed by atoms with Crippen molar-refractivity contribution < 1.29 is 21.7 Å². The molecule has 28 heavy (non-hydrogen) atoms. The molecule has 0 atom stereocenters. The second-order valence-electron chi connectivity index (χ2n) is 11.7. The second kappa shape index (κ2) is 11.9. The molecular formula is C25H46NPTi. The summed E-state index contributed by atoms with van der Waals surface area (Å²) in [4.78, 5) is 0. The number of allylic oxidation sites excluding steroid dienone is 5. The van der Waals surface area contributed by atoms with E-state index >= 15 is 0 Å². The van der Waals surface area contributed by atoms with Crippen LogP contribution in [0.3, 0.4) is 0 Å². The van der Waals surface area contributed by atoms with Gasteiger partial charge in [0.05, 0.1) is 0 Å². The van der Waals surface area contributed by atoms with Gasteiger partial charge in [-0.05, 0) is 54.8 Å². The molecule has 0 saturated carbocycles. The molecule has 1 nitrogen and oxygen atoms in total. The Morgan fingerprint density at radius 3 is 1.54 bits per heavy atom. The van der Waals surface area contributed by atoms with Crippen LogP contribution in [-0.4, -0.2) is 18.5 Å². The van der Waals surface area contributed by atoms with Crippen molar-refractivity contribution >= 4 is 7.05 Å². The SMILES string of the molecule is C=CC(=C)C.CC(C)(C)CP(CC(C)(C)C)(CC(C)(C)C)=NC1=CC=CC1.[Ti]. The third-order valence-electron chi connectivity index (χ3n) is 3.75. The predicted molar refractivity (Wildman–Crippen MR) is 129 cm³/mol. The van der Waals surface area contributed by atoms with E-state index < -0.39 is 7.05 Å². The van der Waals surface area contributed by atoms with E-state index in [1.807, 2.05) is 6.92 Å². The molecule has 160 valence electrons. The molecule has 0 saturated heterocycles. The molecule has 1 rings (SSSR count). The first-order chi connectivity index (χ1) is 12.0. The number of rotatable bonds is 5. The van der Waals surface area contributed by atoms with E-state index in [1.54, 1.807) is 6.08 Å². The van der Waals surface area contributed by atoms with Crippen LogP contribution in [-0.2, 0) is 21.7 Å². The molecule has 0 aliphatic heterocycles. The van der Waals surface area contributed by atoms with E-state index in [4.69, 9.17) is 4.74 Å². The van der Waals surface area contributed by atoms with E-state index in [2.05, 4.69) is 93.7 Å². The molecule has 0 amide bonds. The minimum atomic E-state index is -1.39. The van der Waals surface area contributed by atoms with Crippen molar-refractivity contribution in [3.05, 3.63) is 48.7 Å². The Hall–Kier alpha value is -0.0957. The van der Waals surface area contributed by atoms with Gasteiger partial charge in [-0.15, -0.1) is 0 Å². The summed E-state index contributed by atoms with van der Waals surface area (Å²) in [5.41, 5.74) is 3.33. The van der Waals surface area contributed by atoms with Gasteiger partial charge in [0.2, 0.25) is 0 Å². The van der Waals surface area contributed by atoms with Crippen LogP contribution in [0.4, 0.5) is 0 Å². The molecule has 0 radical (unpaired) electrons. The van der Waals surface area contributed by atoms with Crippen molar-refractivity contribution in [2.75, 3.05) is 18.5 Å². The van der Waals surface area contributed by atoms with Gasteiger partial charge >= 0.3 is 0 Å². The van der Waals surface area contributed by atoms with Crippen molar-refractivity contribution in [2.24, 2.45) is 21.0 Å². The normalized spacial score (nSPS) is 14.4. The zero-order valence-corrected chi connectivity index (χ0v) is 22.9. The fourth-order valence-electron chi connectivity index (χ4n) is 3.71. The average Bonchev–Trinajstić information content (AvgIpc) is 2.84. The Balaban J connectivity index is 0. The van der Waals surface area contributed by atoms with E-state index in [1.165, 1.54) is 24.2 Å². The van der Waals surface area contributed by atoms with E-state index in [0.29, 0.717) is 16.2 Å². The van der Waals surface area contributed by atoms with Crippen LogP contribution >= 0.6 is 7.05 Å². The zero-order valence-electron chi connectivity index (χ0n) is 20.4. The summed E-state index contributed by atoms with van der Waals surface area (Å²) >= 11 is 0. The first-order valence-electron chi connectivity index (χ1n) is 10.2. The summed E-state index contributed by atoms with van der Waals surface area (Å²) in [6.07, 6.45) is 13.1. The molecule has 0 fully saturated rings. The molecule has 0 heterocycles. The third kappa shape index (κ3) is 15.8. The van der Waals surface area contributed by atoms with Gasteiger partial charge in [-0.2, -0.15) is 0 Å². The van der Waals surface area contributed by atoms with Crippen LogP contribution < -0.4 is 0 Å². The molecule has 0 bridgehead atoms. The van der Waals surface area contributed by atoms with Crippen LogP contribution in [0.2, 0.25) is 0 Å². The number of hydrogen-bond donors (Lipinski definition) is 0. The van der Waals surface area contributed by atoms with E-state index in [-0.39, 0.29) is 21.7 Å². The fraction of sp³-hybridized carbons (Fsp3) is 0.680. The van der Waals surface area contributed by atoms with Crippen LogP contribution in [0.1, 0.15) is 75.7 Å². The van der Waals surface area contributed by atoms with Crippen molar-refractivity contribution in [1.29, 1.82) is 0 Å². The molecule has 1 aliphatic rings. The first kappa shape index (κ1) is 30.1. The maximum Gasteiger partial charge on any atom is 0.0425 e. The summed E-state index contributed by atoms with van der Waals surface area (Å²) in [6, 6.07) is 0. The maximum absolute atomic E-state index is 5.47. The average molecular weight is 439 g/mol. The van der Waals surface area contributed by atoms with Gasteiger partial charge < -0.3 is 0 Å². The predicted octanol–water partition coefficient (Wildman–Crippen LogP) is 8.92. The Kier molecular flexibility index (Phi) is 12.8. The van der Waals surface area contributed by atoms with Crippen molar-refractivity contribution in [3.8, 4) is 0 Å². The Labute approximate surface area is 192 Å². The molecular weight excluding hydrogens is 393 g/mol. The Morgan fingerprint density at radius 1 is 0.964 bits per heavy atom. The van der Waals surface area contributed by atoms with Gasteiger partial charge in [0.15, 0.2) is 0 Å². The van der Waals surface area contributed by atoms with Crippen molar-refractivity contribution in [3.63, 3.8) is 0 Å². The Morgan fingerprint density at radius 2 is 1.32 bits per heavy atom. The van der Waals surface area contributed by atoms with Crippen LogP contribution in [0, 0.1) is 16.2 Å². The van der Waals surface area contributed by atoms with Gasteiger partial charge in [-0.25, -0.2) is 0 Å². The van der Waals surface area contributed by atoms with Crippen LogP contribution in [0.25, 0.3) is 0 Å². The fourth-order valence-corrected chi connectivity index (χ4v) is 10.2. The largest absolute Gasteiger partial charge is 0.272 e. The topological polar surface area (TPSA) is 12.4 Å². The third-order valence-corrected chi connectivity index (χ3v) is 9.04. The second-order valence-corrected chi connectivity index (χ2v) is 15.0. The zero-order chi connectivity index (χ0) is 21.5. The van der Waals surface area contributed by atoms with Crippen LogP contribution in [0.15, 0.2) is 53.5 Å². The molecule has 0 aromatic carbocycles. The quantitative estimate of drug-likeness (QED) is 0.230. The number of hydrogen-bond acceptors (Lipinski definition) is 1. The van der Waals surface area contributed by atoms with Gasteiger partial charge in [-0.3, -0.25) is 4.74 Å². The number of nitrogens with zero attached hydrogens (tertiary/aromatic N) is 1. The smallest absolute Gasteiger partial charge is 0.0425 e. The summed E-state index contributed by atoms with van der Waals surface area (Å²) < 4.78 is 5.47.